The van der Waals surface area contributed by atoms with E-state index in [1.165, 1.54) is 12.1 Å². The van der Waals surface area contributed by atoms with Gasteiger partial charge in [-0.2, -0.15) is 0 Å². The van der Waals surface area contributed by atoms with Crippen LogP contribution in [0.5, 0.6) is 0 Å². The summed E-state index contributed by atoms with van der Waals surface area (Å²) in [6.45, 7) is 4.16. The molecule has 2 aromatic rings. The van der Waals surface area contributed by atoms with Crippen molar-refractivity contribution in [2.45, 2.75) is 5.92 Å². The molecule has 0 saturated carbocycles. The lowest BCUT2D eigenvalue weighted by molar-refractivity contribution is 0.579. The Morgan fingerprint density at radius 1 is 1.09 bits per heavy atom. The maximum absolute atomic E-state index is 13.0. The Balaban J connectivity index is 1.79. The first-order valence-electron chi connectivity index (χ1n) is 7.51. The zero-order chi connectivity index (χ0) is 15.4. The van der Waals surface area contributed by atoms with E-state index < -0.39 is 0 Å². The summed E-state index contributed by atoms with van der Waals surface area (Å²) < 4.78 is 13.0. The number of hydrogen-bond donors (Lipinski definition) is 2. The van der Waals surface area contributed by atoms with E-state index in [2.05, 4.69) is 20.2 Å². The lowest BCUT2D eigenvalue weighted by Crippen LogP contribution is -2.44. The molecule has 1 saturated heterocycles. The Kier molecular flexibility index (Phi) is 4.60. The van der Waals surface area contributed by atoms with E-state index in [0.717, 1.165) is 43.3 Å². The Morgan fingerprint density at radius 3 is 2.32 bits per heavy atom. The molecule has 1 atom stereocenters. The molecule has 0 aliphatic carbocycles. The van der Waals surface area contributed by atoms with Crippen LogP contribution < -0.4 is 16.0 Å². The largest absolute Gasteiger partial charge is 0.338 e. The molecular formula is C16H20FN5. The van der Waals surface area contributed by atoms with Crippen molar-refractivity contribution < 1.29 is 4.39 Å². The van der Waals surface area contributed by atoms with Gasteiger partial charge in [-0.25, -0.2) is 14.4 Å². The van der Waals surface area contributed by atoms with Gasteiger partial charge in [0, 0.05) is 51.0 Å². The van der Waals surface area contributed by atoms with Gasteiger partial charge in [-0.15, -0.1) is 0 Å². The molecule has 1 aromatic carbocycles. The van der Waals surface area contributed by atoms with Crippen molar-refractivity contribution in [2.75, 3.05) is 37.6 Å². The van der Waals surface area contributed by atoms with Gasteiger partial charge in [0.25, 0.3) is 0 Å². The average molecular weight is 301 g/mol. The third-order valence-electron chi connectivity index (χ3n) is 3.97. The Hall–Kier alpha value is -2.05. The van der Waals surface area contributed by atoms with Crippen LogP contribution in [-0.4, -0.2) is 42.7 Å². The van der Waals surface area contributed by atoms with Crippen LogP contribution in [0.15, 0.2) is 36.7 Å². The zero-order valence-electron chi connectivity index (χ0n) is 12.4. The molecular weight excluding hydrogens is 281 g/mol. The van der Waals surface area contributed by atoms with Crippen LogP contribution in [0.3, 0.4) is 0 Å². The highest BCUT2D eigenvalue weighted by Gasteiger charge is 2.16. The minimum atomic E-state index is -0.246. The van der Waals surface area contributed by atoms with Gasteiger partial charge < -0.3 is 16.0 Å². The molecule has 2 heterocycles. The molecule has 3 rings (SSSR count). The number of nitrogens with two attached hydrogens (primary N) is 1. The number of hydrogen-bond acceptors (Lipinski definition) is 5. The molecule has 116 valence electrons. The molecule has 0 unspecified atom stereocenters. The molecule has 3 N–H and O–H groups in total. The fraction of sp³-hybridized carbons (Fsp3) is 0.375. The van der Waals surface area contributed by atoms with Crippen LogP contribution in [0.25, 0.3) is 0 Å². The first kappa shape index (κ1) is 14.9. The predicted molar refractivity (Wildman–Crippen MR) is 84.4 cm³/mol. The van der Waals surface area contributed by atoms with Crippen molar-refractivity contribution in [1.29, 1.82) is 0 Å². The van der Waals surface area contributed by atoms with E-state index in [4.69, 9.17) is 5.73 Å². The minimum absolute atomic E-state index is 0.0160. The first-order chi connectivity index (χ1) is 10.8. The van der Waals surface area contributed by atoms with Gasteiger partial charge in [-0.05, 0) is 23.3 Å². The molecule has 0 bridgehead atoms. The van der Waals surface area contributed by atoms with E-state index in [9.17, 15) is 4.39 Å². The number of piperazine rings is 1. The standard InChI is InChI=1S/C16H20FN5/c17-14-3-1-12(2-4-14)15(9-18)13-10-20-16(21-11-13)22-7-5-19-6-8-22/h1-4,10-11,15,19H,5-9,18H2/t15-/m0/s1. The van der Waals surface area contributed by atoms with E-state index in [1.807, 2.05) is 12.4 Å². The topological polar surface area (TPSA) is 67.1 Å². The van der Waals surface area contributed by atoms with Crippen molar-refractivity contribution in [3.63, 3.8) is 0 Å². The van der Waals surface area contributed by atoms with E-state index in [-0.39, 0.29) is 11.7 Å². The van der Waals surface area contributed by atoms with Crippen molar-refractivity contribution in [3.8, 4) is 0 Å². The number of nitrogens with one attached hydrogen (secondary N) is 1. The number of rotatable bonds is 4. The lowest BCUT2D eigenvalue weighted by atomic mass is 9.93. The Morgan fingerprint density at radius 2 is 1.73 bits per heavy atom. The molecule has 0 spiro atoms. The van der Waals surface area contributed by atoms with Crippen LogP contribution >= 0.6 is 0 Å². The average Bonchev–Trinajstić information content (AvgIpc) is 2.59. The van der Waals surface area contributed by atoms with Crippen LogP contribution in [-0.2, 0) is 0 Å². The summed E-state index contributed by atoms with van der Waals surface area (Å²) in [7, 11) is 0. The highest BCUT2D eigenvalue weighted by atomic mass is 19.1. The zero-order valence-corrected chi connectivity index (χ0v) is 12.4. The number of halogens is 1. The molecule has 0 radical (unpaired) electrons. The molecule has 5 nitrogen and oxygen atoms in total. The fourth-order valence-electron chi connectivity index (χ4n) is 2.70. The number of aromatic nitrogens is 2. The summed E-state index contributed by atoms with van der Waals surface area (Å²) in [6, 6.07) is 6.43. The van der Waals surface area contributed by atoms with Crippen molar-refractivity contribution >= 4 is 5.95 Å². The Bertz CT molecular complexity index is 593. The fourth-order valence-corrected chi connectivity index (χ4v) is 2.70. The van der Waals surface area contributed by atoms with Gasteiger partial charge in [0.05, 0.1) is 0 Å². The van der Waals surface area contributed by atoms with E-state index in [1.54, 1.807) is 12.1 Å². The molecule has 0 amide bonds. The van der Waals surface area contributed by atoms with Gasteiger partial charge in [0.15, 0.2) is 0 Å². The summed E-state index contributed by atoms with van der Waals surface area (Å²) in [5.74, 6) is 0.489. The van der Waals surface area contributed by atoms with Crippen molar-refractivity contribution in [1.82, 2.24) is 15.3 Å². The predicted octanol–water partition coefficient (Wildman–Crippen LogP) is 1.12. The first-order valence-corrected chi connectivity index (χ1v) is 7.51. The lowest BCUT2D eigenvalue weighted by Gasteiger charge is -2.27. The molecule has 22 heavy (non-hydrogen) atoms. The maximum Gasteiger partial charge on any atom is 0.225 e. The van der Waals surface area contributed by atoms with Crippen LogP contribution in [0.4, 0.5) is 10.3 Å². The normalized spacial score (nSPS) is 16.5. The van der Waals surface area contributed by atoms with Gasteiger partial charge in [-0.3, -0.25) is 0 Å². The summed E-state index contributed by atoms with van der Waals surface area (Å²) in [5.41, 5.74) is 7.81. The summed E-state index contributed by atoms with van der Waals surface area (Å²) in [5, 5.41) is 3.30. The SMILES string of the molecule is NC[C@@H](c1ccc(F)cc1)c1cnc(N2CCNCC2)nc1. The van der Waals surface area contributed by atoms with E-state index >= 15 is 0 Å². The van der Waals surface area contributed by atoms with Crippen LogP contribution in [0, 0.1) is 5.82 Å². The molecule has 1 aromatic heterocycles. The van der Waals surface area contributed by atoms with Gasteiger partial charge in [-0.1, -0.05) is 12.1 Å². The van der Waals surface area contributed by atoms with Crippen molar-refractivity contribution in [3.05, 3.63) is 53.6 Å². The van der Waals surface area contributed by atoms with Crippen molar-refractivity contribution in [2.24, 2.45) is 5.73 Å². The summed E-state index contributed by atoms with van der Waals surface area (Å²) >= 11 is 0. The second-order valence-corrected chi connectivity index (χ2v) is 5.39. The molecule has 1 fully saturated rings. The quantitative estimate of drug-likeness (QED) is 0.886. The maximum atomic E-state index is 13.0. The number of nitrogens with zero attached hydrogens (tertiary/aromatic N) is 3. The van der Waals surface area contributed by atoms with Crippen LogP contribution in [0.1, 0.15) is 17.0 Å². The number of anilines is 1. The third-order valence-corrected chi connectivity index (χ3v) is 3.97. The van der Waals surface area contributed by atoms with Crippen LogP contribution in [0.2, 0.25) is 0 Å². The second kappa shape index (κ2) is 6.81. The monoisotopic (exact) mass is 301 g/mol. The van der Waals surface area contributed by atoms with Gasteiger partial charge >= 0.3 is 0 Å². The summed E-state index contributed by atoms with van der Waals surface area (Å²) in [6.07, 6.45) is 3.65. The highest BCUT2D eigenvalue weighted by molar-refractivity contribution is 5.35. The Labute approximate surface area is 129 Å². The molecule has 1 aliphatic rings. The van der Waals surface area contributed by atoms with E-state index in [0.29, 0.717) is 6.54 Å². The highest BCUT2D eigenvalue weighted by Crippen LogP contribution is 2.23. The summed E-state index contributed by atoms with van der Waals surface area (Å²) in [4.78, 5) is 11.1. The molecule has 6 heteroatoms. The smallest absolute Gasteiger partial charge is 0.225 e. The van der Waals surface area contributed by atoms with Gasteiger partial charge in [0.1, 0.15) is 5.82 Å². The second-order valence-electron chi connectivity index (χ2n) is 5.39. The minimum Gasteiger partial charge on any atom is -0.338 e. The number of benzene rings is 1. The molecule has 1 aliphatic heterocycles. The van der Waals surface area contributed by atoms with Gasteiger partial charge in [0.2, 0.25) is 5.95 Å². The third kappa shape index (κ3) is 3.23.